The molecule has 0 bridgehead atoms. The van der Waals surface area contributed by atoms with Gasteiger partial charge in [-0.05, 0) is 69.0 Å². The summed E-state index contributed by atoms with van der Waals surface area (Å²) in [6.07, 6.45) is 8.01. The molecule has 1 aliphatic rings. The number of hydrogen-bond donors (Lipinski definition) is 0. The van der Waals surface area contributed by atoms with Crippen molar-refractivity contribution in [3.63, 3.8) is 0 Å². The largest absolute Gasteiger partial charge is 0.505 e. The van der Waals surface area contributed by atoms with E-state index in [4.69, 9.17) is 11.3 Å². The van der Waals surface area contributed by atoms with Gasteiger partial charge in [0.1, 0.15) is 11.6 Å². The molecule has 1 aromatic carbocycles. The Morgan fingerprint density at radius 2 is 1.95 bits per heavy atom. The molecule has 5 rings (SSSR count). The number of pyridine rings is 1. The van der Waals surface area contributed by atoms with E-state index in [-0.39, 0.29) is 11.9 Å². The van der Waals surface area contributed by atoms with Crippen LogP contribution in [0.15, 0.2) is 43.0 Å². The van der Waals surface area contributed by atoms with Crippen LogP contribution in [0.4, 0.5) is 5.69 Å². The number of benzene rings is 1. The molecule has 4 heterocycles. The lowest BCUT2D eigenvalue weighted by Crippen LogP contribution is -2.40. The number of nitrogens with zero attached hydrogens (tertiary/aromatic N) is 7. The van der Waals surface area contributed by atoms with Gasteiger partial charge in [0, 0.05) is 56.1 Å². The second-order valence-electron chi connectivity index (χ2n) is 9.62. The van der Waals surface area contributed by atoms with Crippen LogP contribution in [0.2, 0.25) is 0 Å². The highest BCUT2D eigenvalue weighted by molar-refractivity contribution is 5.99. The van der Waals surface area contributed by atoms with Crippen LogP contribution in [0.3, 0.4) is 0 Å². The maximum atomic E-state index is 14.0. The van der Waals surface area contributed by atoms with Gasteiger partial charge in [0.25, 0.3) is 5.91 Å². The molecule has 0 unspecified atom stereocenters. The third-order valence-electron chi connectivity index (χ3n) is 7.17. The molecule has 194 valence electrons. The predicted molar refractivity (Wildman–Crippen MR) is 144 cm³/mol. The van der Waals surface area contributed by atoms with E-state index in [2.05, 4.69) is 30.5 Å². The summed E-state index contributed by atoms with van der Waals surface area (Å²) in [4.78, 5) is 28.3. The first kappa shape index (κ1) is 25.2. The molecular weight excluding hydrogens is 478 g/mol. The van der Waals surface area contributed by atoms with Gasteiger partial charge in [0.05, 0.1) is 30.6 Å². The molecule has 0 aliphatic carbocycles. The van der Waals surface area contributed by atoms with E-state index >= 15 is 0 Å². The Bertz CT molecular complexity index is 1560. The maximum Gasteiger partial charge on any atom is 0.254 e. The monoisotopic (exact) mass is 509 g/mol. The second kappa shape index (κ2) is 10.1. The highest BCUT2D eigenvalue weighted by Crippen LogP contribution is 2.37. The first-order chi connectivity index (χ1) is 18.3. The van der Waals surface area contributed by atoms with Crippen molar-refractivity contribution in [1.29, 1.82) is 0 Å². The summed E-state index contributed by atoms with van der Waals surface area (Å²) in [5, 5.41) is 4.56. The summed E-state index contributed by atoms with van der Waals surface area (Å²) < 4.78 is 9.56. The van der Waals surface area contributed by atoms with Gasteiger partial charge in [-0.3, -0.25) is 14.5 Å². The molecule has 9 nitrogen and oxygen atoms in total. The number of fused-ring (bicyclic) bond motifs is 1. The van der Waals surface area contributed by atoms with Gasteiger partial charge in [-0.2, -0.15) is 5.10 Å². The minimum Gasteiger partial charge on any atom is -0.505 e. The summed E-state index contributed by atoms with van der Waals surface area (Å²) in [6, 6.07) is 5.71. The highest BCUT2D eigenvalue weighted by atomic mass is 16.5. The van der Waals surface area contributed by atoms with Crippen molar-refractivity contribution in [2.24, 2.45) is 7.05 Å². The van der Waals surface area contributed by atoms with E-state index in [0.717, 1.165) is 40.2 Å². The zero-order valence-electron chi connectivity index (χ0n) is 22.4. The lowest BCUT2D eigenvalue weighted by Gasteiger charge is -2.34. The average molecular weight is 510 g/mol. The molecule has 0 fully saturated rings. The Morgan fingerprint density at radius 3 is 2.61 bits per heavy atom. The standard InChI is InChI=1S/C29H31N7O2/c1-7-38-28-14-26(32-15-27(28)30-5)19(3)36-10-8-22-23(25-17-34(6)33-18(25)2)12-21(13-24(22)29(36)37)16-35-11-9-31-20(35)4/h9,11-15,17,19H,7-8,10,16H2,1-4,6H3/t19-/m1/s1. The molecule has 3 aromatic heterocycles. The number of amides is 1. The third-order valence-corrected chi connectivity index (χ3v) is 7.17. The molecule has 0 saturated heterocycles. The van der Waals surface area contributed by atoms with Crippen LogP contribution in [0.25, 0.3) is 16.0 Å². The van der Waals surface area contributed by atoms with Crippen molar-refractivity contribution in [3.8, 4) is 16.9 Å². The van der Waals surface area contributed by atoms with Crippen LogP contribution in [0, 0.1) is 20.4 Å². The van der Waals surface area contributed by atoms with Crippen molar-refractivity contribution >= 4 is 11.6 Å². The van der Waals surface area contributed by atoms with Crippen molar-refractivity contribution in [3.05, 3.63) is 88.3 Å². The predicted octanol–water partition coefficient (Wildman–Crippen LogP) is 5.05. The summed E-state index contributed by atoms with van der Waals surface area (Å²) in [7, 11) is 1.92. The topological polar surface area (TPSA) is 82.4 Å². The van der Waals surface area contributed by atoms with Crippen LogP contribution in [-0.2, 0) is 20.0 Å². The van der Waals surface area contributed by atoms with Crippen LogP contribution in [-0.4, -0.2) is 48.3 Å². The fourth-order valence-corrected chi connectivity index (χ4v) is 5.20. The number of rotatable bonds is 7. The number of ether oxygens (including phenoxy) is 1. The smallest absolute Gasteiger partial charge is 0.254 e. The van der Waals surface area contributed by atoms with Gasteiger partial charge >= 0.3 is 0 Å². The van der Waals surface area contributed by atoms with E-state index in [0.29, 0.717) is 42.4 Å². The molecule has 38 heavy (non-hydrogen) atoms. The fourth-order valence-electron chi connectivity index (χ4n) is 5.20. The number of hydrogen-bond acceptors (Lipinski definition) is 5. The number of carbonyl (C=O) groups is 1. The Hall–Kier alpha value is -4.45. The molecule has 0 saturated carbocycles. The number of carbonyl (C=O) groups excluding carboxylic acids is 1. The van der Waals surface area contributed by atoms with Crippen LogP contribution >= 0.6 is 0 Å². The zero-order valence-corrected chi connectivity index (χ0v) is 22.4. The highest BCUT2D eigenvalue weighted by Gasteiger charge is 2.32. The first-order valence-corrected chi connectivity index (χ1v) is 12.8. The molecule has 1 amide bonds. The minimum absolute atomic E-state index is 0.0280. The number of aryl methyl sites for hydroxylation is 3. The summed E-state index contributed by atoms with van der Waals surface area (Å²) >= 11 is 0. The quantitative estimate of drug-likeness (QED) is 0.326. The Balaban J connectivity index is 1.56. The van der Waals surface area contributed by atoms with Gasteiger partial charge in [-0.15, -0.1) is 0 Å². The van der Waals surface area contributed by atoms with E-state index in [1.807, 2.05) is 62.8 Å². The summed E-state index contributed by atoms with van der Waals surface area (Å²) in [6.45, 7) is 16.9. The third kappa shape index (κ3) is 4.54. The maximum absolute atomic E-state index is 14.0. The average Bonchev–Trinajstić information content (AvgIpc) is 3.47. The normalized spacial score (nSPS) is 13.8. The van der Waals surface area contributed by atoms with Crippen molar-refractivity contribution < 1.29 is 9.53 Å². The van der Waals surface area contributed by atoms with Crippen molar-refractivity contribution in [2.45, 2.75) is 46.7 Å². The van der Waals surface area contributed by atoms with Gasteiger partial charge in [-0.1, -0.05) is 0 Å². The molecular formula is C29H31N7O2. The van der Waals surface area contributed by atoms with Gasteiger partial charge in [0.15, 0.2) is 0 Å². The molecule has 9 heteroatoms. The summed E-state index contributed by atoms with van der Waals surface area (Å²) in [5.41, 5.74) is 6.89. The zero-order chi connectivity index (χ0) is 27.0. The van der Waals surface area contributed by atoms with Gasteiger partial charge in [0.2, 0.25) is 5.69 Å². The molecule has 4 aromatic rings. The second-order valence-corrected chi connectivity index (χ2v) is 9.62. The van der Waals surface area contributed by atoms with E-state index in [1.165, 1.54) is 6.20 Å². The SMILES string of the molecule is [C-]#[N+]c1cnc([C@@H](C)N2CCc3c(cc(Cn4ccnc4C)cc3-c3cn(C)nc3C)C2=O)cc1OCC. The number of imidazole rings is 1. The Labute approximate surface area is 222 Å². The fraction of sp³-hybridized carbons (Fsp3) is 0.345. The van der Waals surface area contributed by atoms with Crippen molar-refractivity contribution in [2.75, 3.05) is 13.2 Å². The molecule has 0 spiro atoms. The Morgan fingerprint density at radius 1 is 1.16 bits per heavy atom. The molecule has 0 N–H and O–H groups in total. The van der Waals surface area contributed by atoms with Gasteiger partial charge < -0.3 is 14.2 Å². The molecule has 0 radical (unpaired) electrons. The lowest BCUT2D eigenvalue weighted by atomic mass is 9.87. The van der Waals surface area contributed by atoms with Crippen LogP contribution in [0.5, 0.6) is 5.75 Å². The molecule has 1 aliphatic heterocycles. The van der Waals surface area contributed by atoms with Crippen LogP contribution < -0.4 is 4.74 Å². The van der Waals surface area contributed by atoms with E-state index in [9.17, 15) is 4.79 Å². The minimum atomic E-state index is -0.280. The molecule has 1 atom stereocenters. The van der Waals surface area contributed by atoms with E-state index in [1.54, 1.807) is 12.3 Å². The van der Waals surface area contributed by atoms with E-state index < -0.39 is 0 Å². The summed E-state index contributed by atoms with van der Waals surface area (Å²) in [5.74, 6) is 1.39. The van der Waals surface area contributed by atoms with Gasteiger partial charge in [-0.25, -0.2) is 9.83 Å². The Kier molecular flexibility index (Phi) is 6.72. The first-order valence-electron chi connectivity index (χ1n) is 12.8. The number of aromatic nitrogens is 5. The van der Waals surface area contributed by atoms with Crippen molar-refractivity contribution in [1.82, 2.24) is 29.2 Å². The van der Waals surface area contributed by atoms with Crippen LogP contribution in [0.1, 0.15) is 58.6 Å². The lowest BCUT2D eigenvalue weighted by molar-refractivity contribution is 0.0669.